The Hall–Kier alpha value is -2.33. The average Bonchev–Trinajstić information content (AvgIpc) is 2.87. The molecular weight excluding hydrogens is 401 g/mol. The van der Waals surface area contributed by atoms with Gasteiger partial charge in [0, 0.05) is 0 Å². The number of rotatable bonds is 6. The summed E-state index contributed by atoms with van der Waals surface area (Å²) in [5.74, 6) is -1.03. The number of aromatic nitrogens is 2. The third-order valence-corrected chi connectivity index (χ3v) is 5.01. The predicted molar refractivity (Wildman–Crippen MR) is 92.7 cm³/mol. The lowest BCUT2D eigenvalue weighted by molar-refractivity contribution is -0.0591. The molecule has 0 saturated carbocycles. The van der Waals surface area contributed by atoms with E-state index in [9.17, 15) is 28.0 Å². The van der Waals surface area contributed by atoms with Gasteiger partial charge >= 0.3 is 13.9 Å². The minimum Gasteiger partial charge on any atom is -0.426 e. The van der Waals surface area contributed by atoms with Crippen molar-refractivity contribution in [2.45, 2.75) is 31.0 Å². The SMILES string of the molecule is CC1(F)[C@@H](O)[C@@H](CO[PH](=O)Oc2ccccc2)O[C@H]1n1cc(F)c(=O)[nH]c1=O. The molecule has 2 N–H and O–H groups in total. The highest BCUT2D eigenvalue weighted by atomic mass is 31.1. The lowest BCUT2D eigenvalue weighted by atomic mass is 9.98. The van der Waals surface area contributed by atoms with E-state index in [0.717, 1.165) is 6.92 Å². The topological polar surface area (TPSA) is 120 Å². The van der Waals surface area contributed by atoms with Crippen molar-refractivity contribution in [1.29, 1.82) is 0 Å². The number of hydrogen-bond donors (Lipinski definition) is 2. The number of H-pyrrole nitrogens is 1. The molecule has 0 amide bonds. The first kappa shape index (κ1) is 20.4. The fourth-order valence-corrected chi connectivity index (χ4v) is 3.44. The van der Waals surface area contributed by atoms with Crippen molar-refractivity contribution < 1.29 is 32.2 Å². The first-order valence-corrected chi connectivity index (χ1v) is 9.35. The Balaban J connectivity index is 1.71. The van der Waals surface area contributed by atoms with Crippen LogP contribution in [0, 0.1) is 5.82 Å². The third-order valence-electron chi connectivity index (χ3n) is 4.20. The van der Waals surface area contributed by atoms with Gasteiger partial charge in [0.2, 0.25) is 5.82 Å². The number of aliphatic hydroxyl groups is 1. The number of halogens is 2. The smallest absolute Gasteiger partial charge is 0.367 e. The van der Waals surface area contributed by atoms with Crippen molar-refractivity contribution in [2.24, 2.45) is 0 Å². The molecule has 2 heterocycles. The van der Waals surface area contributed by atoms with Crippen molar-refractivity contribution in [3.05, 3.63) is 63.2 Å². The van der Waals surface area contributed by atoms with Gasteiger partial charge in [-0.05, 0) is 19.1 Å². The maximum absolute atomic E-state index is 15.0. The van der Waals surface area contributed by atoms with Crippen molar-refractivity contribution >= 4 is 8.25 Å². The van der Waals surface area contributed by atoms with Gasteiger partial charge in [0.15, 0.2) is 11.9 Å². The number of ether oxygens (including phenoxy) is 1. The minimum atomic E-state index is -3.03. The number of benzene rings is 1. The molecule has 0 aliphatic carbocycles. The average molecular weight is 418 g/mol. The molecule has 1 aromatic heterocycles. The van der Waals surface area contributed by atoms with Crippen LogP contribution in [0.15, 0.2) is 46.1 Å². The molecule has 1 aliphatic heterocycles. The highest BCUT2D eigenvalue weighted by Crippen LogP contribution is 2.41. The van der Waals surface area contributed by atoms with E-state index < -0.39 is 56.0 Å². The van der Waals surface area contributed by atoms with Gasteiger partial charge < -0.3 is 14.4 Å². The Morgan fingerprint density at radius 3 is 2.71 bits per heavy atom. The van der Waals surface area contributed by atoms with Crippen LogP contribution in [0.25, 0.3) is 0 Å². The summed E-state index contributed by atoms with van der Waals surface area (Å²) in [7, 11) is -3.03. The molecule has 0 radical (unpaired) electrons. The van der Waals surface area contributed by atoms with E-state index >= 15 is 0 Å². The zero-order valence-corrected chi connectivity index (χ0v) is 15.5. The fraction of sp³-hybridized carbons (Fsp3) is 0.375. The van der Waals surface area contributed by atoms with Crippen LogP contribution in [0.4, 0.5) is 8.78 Å². The minimum absolute atomic E-state index is 0.294. The summed E-state index contributed by atoms with van der Waals surface area (Å²) in [6, 6.07) is 8.16. The van der Waals surface area contributed by atoms with Gasteiger partial charge in [0.05, 0.1) is 12.8 Å². The molecule has 28 heavy (non-hydrogen) atoms. The number of aliphatic hydroxyl groups excluding tert-OH is 1. The summed E-state index contributed by atoms with van der Waals surface area (Å²) in [5.41, 5.74) is -4.91. The van der Waals surface area contributed by atoms with Crippen LogP contribution in [-0.2, 0) is 13.8 Å². The number of para-hydroxylation sites is 1. The Labute approximate surface area is 157 Å². The van der Waals surface area contributed by atoms with E-state index in [0.29, 0.717) is 16.5 Å². The molecular formula is C16H17F2N2O7P. The van der Waals surface area contributed by atoms with Crippen LogP contribution in [0.2, 0.25) is 0 Å². The predicted octanol–water partition coefficient (Wildman–Crippen LogP) is 1.15. The quantitative estimate of drug-likeness (QED) is 0.676. The molecule has 152 valence electrons. The van der Waals surface area contributed by atoms with Crippen LogP contribution < -0.4 is 15.8 Å². The molecule has 9 nitrogen and oxygen atoms in total. The molecule has 0 spiro atoms. The van der Waals surface area contributed by atoms with Crippen LogP contribution in [0.3, 0.4) is 0 Å². The van der Waals surface area contributed by atoms with Gasteiger partial charge in [-0.3, -0.25) is 18.9 Å². The molecule has 5 atom stereocenters. The number of aromatic amines is 1. The van der Waals surface area contributed by atoms with E-state index in [4.69, 9.17) is 13.8 Å². The molecule has 1 fully saturated rings. The molecule has 1 saturated heterocycles. The second-order valence-corrected chi connectivity index (χ2v) is 7.24. The Morgan fingerprint density at radius 2 is 2.04 bits per heavy atom. The molecule has 3 rings (SSSR count). The van der Waals surface area contributed by atoms with Crippen molar-refractivity contribution in [1.82, 2.24) is 9.55 Å². The number of alkyl halides is 1. The number of hydrogen-bond acceptors (Lipinski definition) is 7. The molecule has 2 unspecified atom stereocenters. The lowest BCUT2D eigenvalue weighted by Gasteiger charge is -2.24. The zero-order chi connectivity index (χ0) is 20.5. The Bertz CT molecular complexity index is 979. The molecule has 1 aliphatic rings. The van der Waals surface area contributed by atoms with E-state index in [2.05, 4.69) is 0 Å². The van der Waals surface area contributed by atoms with E-state index in [1.807, 2.05) is 0 Å². The normalized spacial score (nSPS) is 28.2. The van der Waals surface area contributed by atoms with Crippen molar-refractivity contribution in [3.63, 3.8) is 0 Å². The highest BCUT2D eigenvalue weighted by Gasteiger charge is 2.55. The maximum Gasteiger partial charge on any atom is 0.367 e. The third kappa shape index (κ3) is 4.07. The van der Waals surface area contributed by atoms with Gasteiger partial charge in [-0.25, -0.2) is 13.8 Å². The summed E-state index contributed by atoms with van der Waals surface area (Å²) in [6.07, 6.45) is -4.37. The first-order chi connectivity index (χ1) is 13.2. The van der Waals surface area contributed by atoms with Crippen molar-refractivity contribution in [2.75, 3.05) is 6.61 Å². The first-order valence-electron chi connectivity index (χ1n) is 8.13. The molecule has 1 aromatic carbocycles. The maximum atomic E-state index is 15.0. The molecule has 0 bridgehead atoms. The largest absolute Gasteiger partial charge is 0.426 e. The number of nitrogens with zero attached hydrogens (tertiary/aromatic N) is 1. The Morgan fingerprint density at radius 1 is 1.36 bits per heavy atom. The zero-order valence-electron chi connectivity index (χ0n) is 14.5. The van der Waals surface area contributed by atoms with Gasteiger partial charge in [-0.2, -0.15) is 4.39 Å². The van der Waals surface area contributed by atoms with Gasteiger partial charge in [0.25, 0.3) is 5.56 Å². The van der Waals surface area contributed by atoms with Crippen LogP contribution in [-0.4, -0.2) is 39.1 Å². The monoisotopic (exact) mass is 418 g/mol. The van der Waals surface area contributed by atoms with Crippen LogP contribution in [0.5, 0.6) is 5.75 Å². The van der Waals surface area contributed by atoms with E-state index in [-0.39, 0.29) is 0 Å². The summed E-state index contributed by atoms with van der Waals surface area (Å²) >= 11 is 0. The van der Waals surface area contributed by atoms with Gasteiger partial charge in [-0.1, -0.05) is 18.2 Å². The molecule has 2 aromatic rings. The lowest BCUT2D eigenvalue weighted by Crippen LogP contribution is -2.44. The summed E-state index contributed by atoms with van der Waals surface area (Å²) in [5, 5.41) is 10.2. The summed E-state index contributed by atoms with van der Waals surface area (Å²) in [6.45, 7) is 0.434. The number of nitrogens with one attached hydrogen (secondary N) is 1. The molecule has 12 heteroatoms. The summed E-state index contributed by atoms with van der Waals surface area (Å²) in [4.78, 5) is 24.7. The van der Waals surface area contributed by atoms with E-state index in [1.54, 1.807) is 35.3 Å². The fourth-order valence-electron chi connectivity index (χ4n) is 2.75. The highest BCUT2D eigenvalue weighted by molar-refractivity contribution is 7.33. The van der Waals surface area contributed by atoms with Crippen LogP contribution in [0.1, 0.15) is 13.2 Å². The summed E-state index contributed by atoms with van der Waals surface area (Å²) < 4.78 is 56.2. The second-order valence-electron chi connectivity index (χ2n) is 6.24. The second kappa shape index (κ2) is 7.96. The van der Waals surface area contributed by atoms with Crippen molar-refractivity contribution in [3.8, 4) is 5.75 Å². The van der Waals surface area contributed by atoms with Crippen LogP contribution >= 0.6 is 8.25 Å². The Kier molecular flexibility index (Phi) is 5.80. The standard InChI is InChI=1S/C16H17F2N2O7P/c1-16(18)12(21)11(8-25-28(24)27-9-5-3-2-4-6-9)26-14(16)20-7-10(17)13(22)19-15(20)23/h2-7,11-12,14,21,28H,8H2,1H3,(H,19,22,23)/t11-,12+,14-,16?/m1/s1. The van der Waals surface area contributed by atoms with E-state index in [1.165, 1.54) is 0 Å². The van der Waals surface area contributed by atoms with Gasteiger partial charge in [-0.15, -0.1) is 0 Å². The van der Waals surface area contributed by atoms with Gasteiger partial charge in [0.1, 0.15) is 18.0 Å².